The van der Waals surface area contributed by atoms with E-state index in [1.54, 1.807) is 18.2 Å². The molecule has 0 aliphatic carbocycles. The van der Waals surface area contributed by atoms with Gasteiger partial charge in [-0.25, -0.2) is 4.39 Å². The first-order valence-corrected chi connectivity index (χ1v) is 6.78. The van der Waals surface area contributed by atoms with Crippen molar-refractivity contribution < 1.29 is 9.31 Å². The van der Waals surface area contributed by atoms with E-state index in [0.29, 0.717) is 0 Å². The minimum absolute atomic E-state index is 0.0544. The Bertz CT molecular complexity index is 614. The van der Waals surface area contributed by atoms with Gasteiger partial charge in [0.05, 0.1) is 4.92 Å². The third-order valence-corrected chi connectivity index (χ3v) is 3.36. The van der Waals surface area contributed by atoms with Crippen LogP contribution in [0.25, 0.3) is 0 Å². The number of hydrogen-bond donors (Lipinski definition) is 1. The molecule has 1 atom stereocenters. The number of nitrogens with one attached hydrogen (secondary N) is 1. The minimum atomic E-state index is -0.409. The Morgan fingerprint density at radius 2 is 1.95 bits per heavy atom. The van der Waals surface area contributed by atoms with Crippen molar-refractivity contribution in [1.82, 2.24) is 5.32 Å². The number of nitro benzene ring substituents is 1. The first-order chi connectivity index (χ1) is 10.1. The second-order valence-electron chi connectivity index (χ2n) is 4.90. The van der Waals surface area contributed by atoms with Gasteiger partial charge in [-0.3, -0.25) is 10.1 Å². The van der Waals surface area contributed by atoms with Gasteiger partial charge in [0.1, 0.15) is 5.82 Å². The summed E-state index contributed by atoms with van der Waals surface area (Å²) in [6.07, 6.45) is 0.762. The Morgan fingerprint density at radius 3 is 2.57 bits per heavy atom. The summed E-state index contributed by atoms with van der Waals surface area (Å²) in [6.45, 7) is 2.69. The number of non-ortho nitro benzene ring substituents is 1. The molecule has 0 aliphatic heterocycles. The van der Waals surface area contributed by atoms with E-state index in [1.807, 2.05) is 13.0 Å². The molecule has 21 heavy (non-hydrogen) atoms. The highest BCUT2D eigenvalue weighted by molar-refractivity contribution is 5.33. The summed E-state index contributed by atoms with van der Waals surface area (Å²) < 4.78 is 13.1. The van der Waals surface area contributed by atoms with E-state index >= 15 is 0 Å². The van der Waals surface area contributed by atoms with E-state index < -0.39 is 4.92 Å². The van der Waals surface area contributed by atoms with Crippen LogP contribution in [-0.2, 0) is 6.42 Å². The fraction of sp³-hybridized carbons (Fsp3) is 0.250. The molecule has 110 valence electrons. The smallest absolute Gasteiger partial charge is 0.269 e. The van der Waals surface area contributed by atoms with Crippen LogP contribution < -0.4 is 5.32 Å². The highest BCUT2D eigenvalue weighted by atomic mass is 19.1. The van der Waals surface area contributed by atoms with Gasteiger partial charge in [-0.15, -0.1) is 0 Å². The van der Waals surface area contributed by atoms with E-state index in [4.69, 9.17) is 0 Å². The number of nitro groups is 1. The van der Waals surface area contributed by atoms with Crippen LogP contribution in [0.3, 0.4) is 0 Å². The lowest BCUT2D eigenvalue weighted by atomic mass is 10.1. The topological polar surface area (TPSA) is 55.2 Å². The van der Waals surface area contributed by atoms with Crippen LogP contribution in [0.5, 0.6) is 0 Å². The molecule has 5 heteroatoms. The van der Waals surface area contributed by atoms with Crippen LogP contribution in [0, 0.1) is 15.9 Å². The van der Waals surface area contributed by atoms with Crippen molar-refractivity contribution in [3.63, 3.8) is 0 Å². The predicted molar refractivity (Wildman–Crippen MR) is 79.6 cm³/mol. The number of hydrogen-bond acceptors (Lipinski definition) is 3. The molecule has 0 aromatic heterocycles. The lowest BCUT2D eigenvalue weighted by Crippen LogP contribution is -2.21. The van der Waals surface area contributed by atoms with Crippen molar-refractivity contribution in [3.8, 4) is 0 Å². The summed E-state index contributed by atoms with van der Waals surface area (Å²) in [4.78, 5) is 10.2. The van der Waals surface area contributed by atoms with Crippen molar-refractivity contribution >= 4 is 5.69 Å². The fourth-order valence-electron chi connectivity index (χ4n) is 2.11. The van der Waals surface area contributed by atoms with Crippen LogP contribution in [0.4, 0.5) is 10.1 Å². The van der Waals surface area contributed by atoms with E-state index in [2.05, 4.69) is 5.32 Å². The maximum absolute atomic E-state index is 13.1. The third-order valence-electron chi connectivity index (χ3n) is 3.36. The summed E-state index contributed by atoms with van der Waals surface area (Å²) >= 11 is 0. The molecule has 4 nitrogen and oxygen atoms in total. The average molecular weight is 288 g/mol. The summed E-state index contributed by atoms with van der Waals surface area (Å²) in [5, 5.41) is 13.9. The molecule has 0 saturated heterocycles. The van der Waals surface area contributed by atoms with Crippen LogP contribution in [0.1, 0.15) is 24.1 Å². The van der Waals surface area contributed by atoms with Crippen molar-refractivity contribution in [2.75, 3.05) is 6.54 Å². The van der Waals surface area contributed by atoms with Crippen LogP contribution >= 0.6 is 0 Å². The zero-order chi connectivity index (χ0) is 15.2. The number of nitrogens with zero attached hydrogens (tertiary/aromatic N) is 1. The first kappa shape index (κ1) is 15.1. The van der Waals surface area contributed by atoms with Gasteiger partial charge >= 0.3 is 0 Å². The monoisotopic (exact) mass is 288 g/mol. The standard InChI is InChI=1S/C16H17FN2O2/c1-12(14-3-2-4-15(17)11-14)18-10-9-13-5-7-16(8-6-13)19(20)21/h2-8,11-12,18H,9-10H2,1H3. The Morgan fingerprint density at radius 1 is 1.24 bits per heavy atom. The van der Waals surface area contributed by atoms with Crippen LogP contribution in [0.15, 0.2) is 48.5 Å². The quantitative estimate of drug-likeness (QED) is 0.652. The van der Waals surface area contributed by atoms with Gasteiger partial charge in [-0.1, -0.05) is 24.3 Å². The molecular weight excluding hydrogens is 271 g/mol. The molecule has 2 aromatic carbocycles. The molecule has 0 saturated carbocycles. The lowest BCUT2D eigenvalue weighted by molar-refractivity contribution is -0.384. The largest absolute Gasteiger partial charge is 0.310 e. The van der Waals surface area contributed by atoms with Gasteiger partial charge in [-0.2, -0.15) is 0 Å². The van der Waals surface area contributed by atoms with E-state index in [9.17, 15) is 14.5 Å². The second kappa shape index (κ2) is 6.95. The average Bonchev–Trinajstić information content (AvgIpc) is 2.47. The Hall–Kier alpha value is -2.27. The van der Waals surface area contributed by atoms with E-state index in [0.717, 1.165) is 24.1 Å². The molecule has 2 aromatic rings. The van der Waals surface area contributed by atoms with Crippen LogP contribution in [-0.4, -0.2) is 11.5 Å². The molecule has 0 fully saturated rings. The van der Waals surface area contributed by atoms with E-state index in [1.165, 1.54) is 24.3 Å². The van der Waals surface area contributed by atoms with Crippen molar-refractivity contribution in [1.29, 1.82) is 0 Å². The third kappa shape index (κ3) is 4.36. The summed E-state index contributed by atoms with van der Waals surface area (Å²) in [5.41, 5.74) is 2.03. The maximum Gasteiger partial charge on any atom is 0.269 e. The zero-order valence-corrected chi connectivity index (χ0v) is 11.8. The molecule has 1 N–H and O–H groups in total. The Kier molecular flexibility index (Phi) is 5.00. The molecule has 1 unspecified atom stereocenters. The molecule has 0 amide bonds. The Balaban J connectivity index is 1.85. The van der Waals surface area contributed by atoms with Crippen molar-refractivity contribution in [2.24, 2.45) is 0 Å². The lowest BCUT2D eigenvalue weighted by Gasteiger charge is -2.14. The number of halogens is 1. The van der Waals surface area contributed by atoms with Gasteiger partial charge in [0.2, 0.25) is 0 Å². The second-order valence-corrected chi connectivity index (χ2v) is 4.90. The molecule has 0 spiro atoms. The molecule has 0 bridgehead atoms. The molecule has 0 aliphatic rings. The van der Waals surface area contributed by atoms with Gasteiger partial charge in [0.25, 0.3) is 5.69 Å². The van der Waals surface area contributed by atoms with E-state index in [-0.39, 0.29) is 17.5 Å². The van der Waals surface area contributed by atoms with Gasteiger partial charge in [0.15, 0.2) is 0 Å². The molecule has 0 heterocycles. The minimum Gasteiger partial charge on any atom is -0.310 e. The highest BCUT2D eigenvalue weighted by Gasteiger charge is 2.06. The van der Waals surface area contributed by atoms with Crippen molar-refractivity contribution in [3.05, 3.63) is 75.6 Å². The fourth-order valence-corrected chi connectivity index (χ4v) is 2.11. The predicted octanol–water partition coefficient (Wildman–Crippen LogP) is 3.63. The number of benzene rings is 2. The number of rotatable bonds is 6. The highest BCUT2D eigenvalue weighted by Crippen LogP contribution is 2.14. The van der Waals surface area contributed by atoms with Gasteiger partial charge in [0, 0.05) is 18.2 Å². The molecular formula is C16H17FN2O2. The maximum atomic E-state index is 13.1. The SMILES string of the molecule is CC(NCCc1ccc([N+](=O)[O-])cc1)c1cccc(F)c1. The summed E-state index contributed by atoms with van der Waals surface area (Å²) in [7, 11) is 0. The summed E-state index contributed by atoms with van der Waals surface area (Å²) in [6, 6.07) is 13.1. The van der Waals surface area contributed by atoms with Gasteiger partial charge < -0.3 is 5.32 Å². The van der Waals surface area contributed by atoms with Crippen LogP contribution in [0.2, 0.25) is 0 Å². The zero-order valence-electron chi connectivity index (χ0n) is 11.8. The van der Waals surface area contributed by atoms with Gasteiger partial charge in [-0.05, 0) is 43.1 Å². The summed E-state index contributed by atoms with van der Waals surface area (Å²) in [5.74, 6) is -0.239. The first-order valence-electron chi connectivity index (χ1n) is 6.78. The normalized spacial score (nSPS) is 12.1. The molecule has 0 radical (unpaired) electrons. The Labute approximate surface area is 122 Å². The van der Waals surface area contributed by atoms with Crippen molar-refractivity contribution in [2.45, 2.75) is 19.4 Å². The molecule has 2 rings (SSSR count).